The van der Waals surface area contributed by atoms with E-state index in [9.17, 15) is 14.4 Å². The molecule has 0 saturated heterocycles. The summed E-state index contributed by atoms with van der Waals surface area (Å²) in [5, 5.41) is 19.6. The molecule has 0 aromatic carbocycles. The van der Waals surface area contributed by atoms with Gasteiger partial charge in [-0.25, -0.2) is 4.79 Å². The van der Waals surface area contributed by atoms with Gasteiger partial charge in [-0.15, -0.1) is 0 Å². The van der Waals surface area contributed by atoms with Crippen molar-refractivity contribution >= 4 is 17.8 Å². The first kappa shape index (κ1) is 20.6. The Labute approximate surface area is 116 Å². The normalized spacial score (nSPS) is 12.9. The van der Waals surface area contributed by atoms with E-state index in [4.69, 9.17) is 21.7 Å². The second-order valence-electron chi connectivity index (χ2n) is 4.22. The molecule has 20 heavy (non-hydrogen) atoms. The van der Waals surface area contributed by atoms with E-state index >= 15 is 0 Å². The zero-order chi connectivity index (χ0) is 14.8. The number of hydrogen-bond acceptors (Lipinski definition) is 5. The van der Waals surface area contributed by atoms with Gasteiger partial charge in [-0.3, -0.25) is 9.59 Å². The van der Waals surface area contributed by atoms with Crippen molar-refractivity contribution in [3.8, 4) is 0 Å². The summed E-state index contributed by atoms with van der Waals surface area (Å²) in [7, 11) is 0. The van der Waals surface area contributed by atoms with Gasteiger partial charge in [0.1, 0.15) is 6.04 Å². The van der Waals surface area contributed by atoms with Crippen molar-refractivity contribution in [2.24, 2.45) is 11.5 Å². The number of amides is 1. The van der Waals surface area contributed by atoms with Crippen LogP contribution >= 0.6 is 0 Å². The van der Waals surface area contributed by atoms with Gasteiger partial charge in [0.2, 0.25) is 5.91 Å². The molecule has 2 atom stereocenters. The number of hydrogen-bond donors (Lipinski definition) is 5. The Morgan fingerprint density at radius 3 is 2.15 bits per heavy atom. The van der Waals surface area contributed by atoms with Gasteiger partial charge in [0, 0.05) is 6.42 Å². The number of carboxylic acids is 2. The van der Waals surface area contributed by atoms with Crippen LogP contribution in [-0.4, -0.2) is 52.2 Å². The molecule has 118 valence electrons. The second-order valence-corrected chi connectivity index (χ2v) is 4.22. The van der Waals surface area contributed by atoms with Crippen molar-refractivity contribution in [2.45, 2.75) is 44.2 Å². The summed E-state index contributed by atoms with van der Waals surface area (Å²) in [5.74, 6) is -2.98. The van der Waals surface area contributed by atoms with E-state index in [-0.39, 0.29) is 18.3 Å². The first-order chi connectivity index (χ1) is 8.88. The number of carboxylic acid groups (broad SMARTS) is 2. The van der Waals surface area contributed by atoms with Gasteiger partial charge in [0.25, 0.3) is 0 Å². The molecule has 9 heteroatoms. The number of rotatable bonds is 10. The molecule has 0 aromatic heterocycles. The lowest BCUT2D eigenvalue weighted by molar-refractivity contribution is -0.143. The lowest BCUT2D eigenvalue weighted by Crippen LogP contribution is -2.48. The molecule has 9 N–H and O–H groups in total. The molecule has 0 bridgehead atoms. The minimum atomic E-state index is -1.27. The maximum absolute atomic E-state index is 11.6. The molecule has 0 aromatic rings. The molecule has 0 rings (SSSR count). The van der Waals surface area contributed by atoms with Crippen LogP contribution < -0.4 is 16.8 Å². The van der Waals surface area contributed by atoms with Crippen LogP contribution in [0.1, 0.15) is 32.1 Å². The third-order valence-electron chi connectivity index (χ3n) is 2.57. The number of nitrogens with one attached hydrogen (secondary N) is 1. The highest BCUT2D eigenvalue weighted by molar-refractivity contribution is 5.87. The van der Waals surface area contributed by atoms with Gasteiger partial charge in [0.15, 0.2) is 0 Å². The second kappa shape index (κ2) is 11.1. The average Bonchev–Trinajstić information content (AvgIpc) is 2.33. The van der Waals surface area contributed by atoms with Crippen molar-refractivity contribution in [2.75, 3.05) is 6.54 Å². The van der Waals surface area contributed by atoms with Crippen molar-refractivity contribution < 1.29 is 30.1 Å². The Morgan fingerprint density at radius 2 is 1.70 bits per heavy atom. The predicted octanol–water partition coefficient (Wildman–Crippen LogP) is -1.95. The fourth-order valence-electron chi connectivity index (χ4n) is 1.44. The Hall–Kier alpha value is -1.71. The quantitative estimate of drug-likeness (QED) is 0.289. The molecule has 0 heterocycles. The van der Waals surface area contributed by atoms with E-state index in [2.05, 4.69) is 5.32 Å². The molecule has 0 unspecified atom stereocenters. The zero-order valence-corrected chi connectivity index (χ0v) is 11.2. The minimum absolute atomic E-state index is 0. The number of nitrogens with two attached hydrogens (primary N) is 2. The van der Waals surface area contributed by atoms with Crippen LogP contribution in [0.4, 0.5) is 0 Å². The minimum Gasteiger partial charge on any atom is -0.481 e. The summed E-state index contributed by atoms with van der Waals surface area (Å²) in [6.07, 6.45) is 1.32. The van der Waals surface area contributed by atoms with Crippen molar-refractivity contribution in [1.29, 1.82) is 0 Å². The highest BCUT2D eigenvalue weighted by Crippen LogP contribution is 2.02. The summed E-state index contributed by atoms with van der Waals surface area (Å²) in [4.78, 5) is 32.9. The number of carbonyl (C=O) groups excluding carboxylic acids is 1. The first-order valence-corrected chi connectivity index (χ1v) is 6.09. The highest BCUT2D eigenvalue weighted by atomic mass is 16.4. The Kier molecular flexibility index (Phi) is 11.5. The molecule has 0 aliphatic rings. The molecule has 0 aliphatic carbocycles. The highest BCUT2D eigenvalue weighted by Gasteiger charge is 2.23. The summed E-state index contributed by atoms with van der Waals surface area (Å²) in [6.45, 7) is 0.505. The molecule has 0 spiro atoms. The molecule has 9 nitrogen and oxygen atoms in total. The van der Waals surface area contributed by atoms with Gasteiger partial charge >= 0.3 is 11.9 Å². The van der Waals surface area contributed by atoms with Crippen molar-refractivity contribution in [3.05, 3.63) is 0 Å². The molecule has 0 fully saturated rings. The largest absolute Gasteiger partial charge is 0.481 e. The molecule has 0 saturated carbocycles. The molecular formula is C11H23N3O6. The van der Waals surface area contributed by atoms with Crippen molar-refractivity contribution in [1.82, 2.24) is 5.32 Å². The summed E-state index contributed by atoms with van der Waals surface area (Å²) >= 11 is 0. The molecule has 1 amide bonds. The van der Waals surface area contributed by atoms with Gasteiger partial charge in [-0.05, 0) is 25.8 Å². The predicted molar refractivity (Wildman–Crippen MR) is 70.9 cm³/mol. The van der Waals surface area contributed by atoms with Crippen LogP contribution in [0.25, 0.3) is 0 Å². The molecule has 0 radical (unpaired) electrons. The SMILES string of the molecule is NCCCC[C@H](N)C(=O)N[C@@H](CCC(=O)O)C(=O)O.O. The van der Waals surface area contributed by atoms with E-state index in [0.29, 0.717) is 19.4 Å². The number of aliphatic carboxylic acids is 2. The maximum atomic E-state index is 11.6. The summed E-state index contributed by atoms with van der Waals surface area (Å²) in [5.41, 5.74) is 10.9. The number of unbranched alkanes of at least 4 members (excludes halogenated alkanes) is 1. The molecule has 0 aliphatic heterocycles. The number of carbonyl (C=O) groups is 3. The lowest BCUT2D eigenvalue weighted by Gasteiger charge is -2.17. The van der Waals surface area contributed by atoms with Crippen LogP contribution in [0.3, 0.4) is 0 Å². The van der Waals surface area contributed by atoms with E-state index in [1.807, 2.05) is 0 Å². The van der Waals surface area contributed by atoms with Gasteiger partial charge in [-0.1, -0.05) is 6.42 Å². The van der Waals surface area contributed by atoms with Gasteiger partial charge < -0.3 is 32.5 Å². The average molecular weight is 293 g/mol. The monoisotopic (exact) mass is 293 g/mol. The van der Waals surface area contributed by atoms with Gasteiger partial charge in [0.05, 0.1) is 6.04 Å². The fourth-order valence-corrected chi connectivity index (χ4v) is 1.44. The summed E-state index contributed by atoms with van der Waals surface area (Å²) < 4.78 is 0. The maximum Gasteiger partial charge on any atom is 0.326 e. The van der Waals surface area contributed by atoms with Crippen molar-refractivity contribution in [3.63, 3.8) is 0 Å². The fraction of sp³-hybridized carbons (Fsp3) is 0.727. The Bertz CT molecular complexity index is 323. The molecular weight excluding hydrogens is 270 g/mol. The third-order valence-corrected chi connectivity index (χ3v) is 2.57. The Balaban J connectivity index is 0. The smallest absolute Gasteiger partial charge is 0.326 e. The van der Waals surface area contributed by atoms with Crippen LogP contribution in [0.15, 0.2) is 0 Å². The van der Waals surface area contributed by atoms with Gasteiger partial charge in [-0.2, -0.15) is 0 Å². The third kappa shape index (κ3) is 9.25. The van der Waals surface area contributed by atoms with Crippen LogP contribution in [-0.2, 0) is 14.4 Å². The lowest BCUT2D eigenvalue weighted by atomic mass is 10.1. The van der Waals surface area contributed by atoms with E-state index in [1.165, 1.54) is 0 Å². The summed E-state index contributed by atoms with van der Waals surface area (Å²) in [6, 6.07) is -2.04. The van der Waals surface area contributed by atoms with Crippen LogP contribution in [0.5, 0.6) is 0 Å². The first-order valence-electron chi connectivity index (χ1n) is 6.09. The zero-order valence-electron chi connectivity index (χ0n) is 11.2. The topological polar surface area (TPSA) is 187 Å². The standard InChI is InChI=1S/C11H21N3O5.H2O/c12-6-2-1-3-7(13)10(17)14-8(11(18)19)4-5-9(15)16;/h7-8H,1-6,12-13H2,(H,14,17)(H,15,16)(H,18,19);1H2/t7-,8-;/m0./s1. The van der Waals surface area contributed by atoms with E-state index in [0.717, 1.165) is 6.42 Å². The van der Waals surface area contributed by atoms with E-state index < -0.39 is 29.9 Å². The Morgan fingerprint density at radius 1 is 1.10 bits per heavy atom. The van der Waals surface area contributed by atoms with Crippen LogP contribution in [0, 0.1) is 0 Å². The van der Waals surface area contributed by atoms with Crippen LogP contribution in [0.2, 0.25) is 0 Å². The van der Waals surface area contributed by atoms with E-state index in [1.54, 1.807) is 0 Å².